The van der Waals surface area contributed by atoms with Crippen LogP contribution < -0.4 is 0 Å². The molecule has 0 atom stereocenters. The fraction of sp³-hybridized carbons (Fsp3) is 0.0588. The van der Waals surface area contributed by atoms with Crippen LogP contribution in [-0.4, -0.2) is 0 Å². The van der Waals surface area contributed by atoms with Crippen molar-refractivity contribution in [2.24, 2.45) is 0 Å². The van der Waals surface area contributed by atoms with Crippen molar-refractivity contribution >= 4 is 0 Å². The summed E-state index contributed by atoms with van der Waals surface area (Å²) >= 11 is 0. The summed E-state index contributed by atoms with van der Waals surface area (Å²) in [6.07, 6.45) is 2.60. The topological polar surface area (TPSA) is 13.1 Å². The summed E-state index contributed by atoms with van der Waals surface area (Å²) in [7, 11) is 0. The molecule has 0 saturated heterocycles. The largest absolute Gasteiger partial charge is 0.468 e. The van der Waals surface area contributed by atoms with E-state index in [0.29, 0.717) is 0 Å². The van der Waals surface area contributed by atoms with Crippen LogP contribution in [0, 0.1) is 0 Å². The third-order valence-electron chi connectivity index (χ3n) is 3.04. The van der Waals surface area contributed by atoms with E-state index < -0.39 is 0 Å². The predicted octanol–water partition coefficient (Wildman–Crippen LogP) is 4.54. The molecule has 1 nitrogen and oxygen atoms in total. The minimum absolute atomic E-state index is 0.831. The van der Waals surface area contributed by atoms with Crippen LogP contribution in [0.4, 0.5) is 0 Å². The van der Waals surface area contributed by atoms with Crippen molar-refractivity contribution in [3.05, 3.63) is 84.3 Å². The van der Waals surface area contributed by atoms with Crippen molar-refractivity contribution in [3.63, 3.8) is 0 Å². The van der Waals surface area contributed by atoms with E-state index >= 15 is 0 Å². The van der Waals surface area contributed by atoms with E-state index in [4.69, 9.17) is 4.42 Å². The van der Waals surface area contributed by atoms with Crippen LogP contribution in [0.1, 0.15) is 11.3 Å². The molecule has 3 rings (SSSR count). The molecule has 88 valence electrons. The Labute approximate surface area is 107 Å². The van der Waals surface area contributed by atoms with Crippen molar-refractivity contribution < 1.29 is 4.42 Å². The molecular weight excluding hydrogens is 220 g/mol. The molecule has 1 heterocycles. The molecular formula is C17H14O. The summed E-state index contributed by atoms with van der Waals surface area (Å²) in [4.78, 5) is 0. The lowest BCUT2D eigenvalue weighted by molar-refractivity contribution is 0.522. The molecule has 18 heavy (non-hydrogen) atoms. The Morgan fingerprint density at radius 1 is 0.722 bits per heavy atom. The van der Waals surface area contributed by atoms with Gasteiger partial charge in [0.05, 0.1) is 6.26 Å². The highest BCUT2D eigenvalue weighted by Gasteiger charge is 2.08. The highest BCUT2D eigenvalue weighted by Crippen LogP contribution is 2.26. The van der Waals surface area contributed by atoms with Gasteiger partial charge >= 0.3 is 0 Å². The van der Waals surface area contributed by atoms with Crippen LogP contribution in [0.5, 0.6) is 0 Å². The lowest BCUT2D eigenvalue weighted by atomic mass is 10.0. The Kier molecular flexibility index (Phi) is 2.97. The van der Waals surface area contributed by atoms with Crippen molar-refractivity contribution in [3.8, 4) is 11.1 Å². The molecule has 1 heteroatoms. The molecule has 0 aliphatic rings. The first-order valence-corrected chi connectivity index (χ1v) is 6.09. The summed E-state index contributed by atoms with van der Waals surface area (Å²) in [5, 5.41) is 0. The van der Waals surface area contributed by atoms with Gasteiger partial charge in [-0.25, -0.2) is 0 Å². The predicted molar refractivity (Wildman–Crippen MR) is 73.4 cm³/mol. The second-order valence-corrected chi connectivity index (χ2v) is 4.29. The fourth-order valence-electron chi connectivity index (χ4n) is 2.13. The maximum absolute atomic E-state index is 5.62. The smallest absolute Gasteiger partial charge is 0.115 e. The van der Waals surface area contributed by atoms with Gasteiger partial charge in [-0.1, -0.05) is 60.7 Å². The molecule has 0 radical (unpaired) electrons. The molecule has 1 aromatic heterocycles. The summed E-state index contributed by atoms with van der Waals surface area (Å²) in [5.41, 5.74) is 3.65. The quantitative estimate of drug-likeness (QED) is 0.648. The van der Waals surface area contributed by atoms with Gasteiger partial charge in [-0.3, -0.25) is 0 Å². The molecule has 0 saturated carbocycles. The Morgan fingerprint density at radius 3 is 2.11 bits per heavy atom. The molecule has 0 fully saturated rings. The molecule has 0 unspecified atom stereocenters. The van der Waals surface area contributed by atoms with E-state index in [1.807, 2.05) is 18.2 Å². The summed E-state index contributed by atoms with van der Waals surface area (Å²) in [6, 6.07) is 22.8. The van der Waals surface area contributed by atoms with E-state index in [2.05, 4.69) is 48.5 Å². The van der Waals surface area contributed by atoms with Gasteiger partial charge in [0, 0.05) is 12.0 Å². The van der Waals surface area contributed by atoms with Crippen LogP contribution in [0.3, 0.4) is 0 Å². The van der Waals surface area contributed by atoms with Gasteiger partial charge in [0.25, 0.3) is 0 Å². The summed E-state index contributed by atoms with van der Waals surface area (Å²) in [6.45, 7) is 0. The molecule has 0 N–H and O–H groups in total. The third kappa shape index (κ3) is 2.21. The van der Waals surface area contributed by atoms with E-state index in [1.54, 1.807) is 6.26 Å². The van der Waals surface area contributed by atoms with Gasteiger partial charge in [-0.2, -0.15) is 0 Å². The average Bonchev–Trinajstić information content (AvgIpc) is 2.89. The molecule has 0 aliphatic heterocycles. The maximum atomic E-state index is 5.62. The first kappa shape index (κ1) is 10.8. The zero-order valence-corrected chi connectivity index (χ0v) is 10.0. The summed E-state index contributed by atoms with van der Waals surface area (Å²) in [5.74, 6) is 1.02. The van der Waals surface area contributed by atoms with Crippen LogP contribution >= 0.6 is 0 Å². The van der Waals surface area contributed by atoms with Crippen molar-refractivity contribution in [2.75, 3.05) is 0 Å². The highest BCUT2D eigenvalue weighted by molar-refractivity contribution is 5.65. The van der Waals surface area contributed by atoms with Crippen molar-refractivity contribution in [1.29, 1.82) is 0 Å². The van der Waals surface area contributed by atoms with Gasteiger partial charge in [0.1, 0.15) is 5.76 Å². The number of hydrogen-bond donors (Lipinski definition) is 0. The monoisotopic (exact) mass is 234 g/mol. The van der Waals surface area contributed by atoms with E-state index in [-0.39, 0.29) is 0 Å². The zero-order valence-electron chi connectivity index (χ0n) is 10.0. The first-order chi connectivity index (χ1) is 8.93. The minimum atomic E-state index is 0.831. The second kappa shape index (κ2) is 4.92. The lowest BCUT2D eigenvalue weighted by Gasteiger charge is -2.03. The van der Waals surface area contributed by atoms with E-state index in [1.165, 1.54) is 16.7 Å². The molecule has 0 aliphatic carbocycles. The van der Waals surface area contributed by atoms with Crippen LogP contribution in [-0.2, 0) is 6.42 Å². The second-order valence-electron chi connectivity index (χ2n) is 4.29. The van der Waals surface area contributed by atoms with Gasteiger partial charge < -0.3 is 4.42 Å². The maximum Gasteiger partial charge on any atom is 0.115 e. The van der Waals surface area contributed by atoms with Crippen LogP contribution in [0.15, 0.2) is 77.4 Å². The summed E-state index contributed by atoms with van der Waals surface area (Å²) < 4.78 is 5.62. The fourth-order valence-corrected chi connectivity index (χ4v) is 2.13. The molecule has 0 amide bonds. The zero-order chi connectivity index (χ0) is 12.2. The molecule has 2 aromatic carbocycles. The van der Waals surface area contributed by atoms with Crippen LogP contribution in [0.2, 0.25) is 0 Å². The Balaban J connectivity index is 1.93. The normalized spacial score (nSPS) is 10.4. The standard InChI is InChI=1S/C17H14O/c1-3-7-14(8-4-1)13-17-16(11-12-18-17)15-9-5-2-6-10-15/h1-12H,13H2. The minimum Gasteiger partial charge on any atom is -0.468 e. The van der Waals surface area contributed by atoms with Crippen LogP contribution in [0.25, 0.3) is 11.1 Å². The number of hydrogen-bond acceptors (Lipinski definition) is 1. The van der Waals surface area contributed by atoms with Crippen molar-refractivity contribution in [2.45, 2.75) is 6.42 Å². The van der Waals surface area contributed by atoms with Gasteiger partial charge in [-0.15, -0.1) is 0 Å². The number of furan rings is 1. The molecule has 0 bridgehead atoms. The average molecular weight is 234 g/mol. The van der Waals surface area contributed by atoms with Gasteiger partial charge in [-0.05, 0) is 17.2 Å². The van der Waals surface area contributed by atoms with Crippen molar-refractivity contribution in [1.82, 2.24) is 0 Å². The Hall–Kier alpha value is -2.28. The first-order valence-electron chi connectivity index (χ1n) is 6.09. The molecule has 0 spiro atoms. The SMILES string of the molecule is c1ccc(Cc2occc2-c2ccccc2)cc1. The van der Waals surface area contributed by atoms with E-state index in [0.717, 1.165) is 12.2 Å². The van der Waals surface area contributed by atoms with Gasteiger partial charge in [0.2, 0.25) is 0 Å². The Bertz CT molecular complexity index is 608. The lowest BCUT2D eigenvalue weighted by Crippen LogP contribution is -1.88. The number of rotatable bonds is 3. The molecule has 3 aromatic rings. The third-order valence-corrected chi connectivity index (χ3v) is 3.04. The highest BCUT2D eigenvalue weighted by atomic mass is 16.3. The van der Waals surface area contributed by atoms with Gasteiger partial charge in [0.15, 0.2) is 0 Å². The number of benzene rings is 2. The van der Waals surface area contributed by atoms with E-state index in [9.17, 15) is 0 Å². The Morgan fingerprint density at radius 2 is 1.39 bits per heavy atom.